The summed E-state index contributed by atoms with van der Waals surface area (Å²) >= 11 is 0. The van der Waals surface area contributed by atoms with Crippen LogP contribution >= 0.6 is 0 Å². The van der Waals surface area contributed by atoms with Gasteiger partial charge in [0, 0.05) is 13.0 Å². The van der Waals surface area contributed by atoms with E-state index in [1.165, 1.54) is 34.1 Å². The van der Waals surface area contributed by atoms with E-state index in [0.29, 0.717) is 22.6 Å². The summed E-state index contributed by atoms with van der Waals surface area (Å²) in [5.74, 6) is -1.02. The summed E-state index contributed by atoms with van der Waals surface area (Å²) in [6.45, 7) is 6.41. The minimum absolute atomic E-state index is 0.152. The van der Waals surface area contributed by atoms with Gasteiger partial charge in [-0.3, -0.25) is 9.59 Å². The normalized spacial score (nSPS) is 24.2. The van der Waals surface area contributed by atoms with E-state index in [1.807, 2.05) is 13.0 Å². The lowest BCUT2D eigenvalue weighted by atomic mass is 9.74. The van der Waals surface area contributed by atoms with Gasteiger partial charge in [0.05, 0.1) is 26.7 Å². The molecular formula is C25H28O8. The number of benzene rings is 1. The van der Waals surface area contributed by atoms with Gasteiger partial charge in [0.1, 0.15) is 22.8 Å². The van der Waals surface area contributed by atoms with Gasteiger partial charge in [0.2, 0.25) is 11.4 Å². The van der Waals surface area contributed by atoms with E-state index in [1.54, 1.807) is 31.2 Å². The topological polar surface area (TPSA) is 97.4 Å². The molecular weight excluding hydrogens is 428 g/mol. The van der Waals surface area contributed by atoms with Crippen molar-refractivity contribution in [3.05, 3.63) is 58.9 Å². The molecule has 0 aromatic heterocycles. The first-order valence-electron chi connectivity index (χ1n) is 10.5. The summed E-state index contributed by atoms with van der Waals surface area (Å²) in [5.41, 5.74) is -0.414. The zero-order chi connectivity index (χ0) is 24.3. The first-order valence-corrected chi connectivity index (χ1v) is 10.5. The fourth-order valence-corrected chi connectivity index (χ4v) is 4.07. The van der Waals surface area contributed by atoms with Crippen molar-refractivity contribution in [3.63, 3.8) is 0 Å². The van der Waals surface area contributed by atoms with E-state index in [0.717, 1.165) is 0 Å². The maximum Gasteiger partial charge on any atom is 0.343 e. The third-order valence-electron chi connectivity index (χ3n) is 5.72. The van der Waals surface area contributed by atoms with Gasteiger partial charge < -0.3 is 23.7 Å². The minimum Gasteiger partial charge on any atom is -0.497 e. The predicted molar refractivity (Wildman–Crippen MR) is 119 cm³/mol. The molecule has 1 heterocycles. The summed E-state index contributed by atoms with van der Waals surface area (Å²) in [4.78, 5) is 38.5. The van der Waals surface area contributed by atoms with E-state index < -0.39 is 35.3 Å². The van der Waals surface area contributed by atoms with Crippen molar-refractivity contribution in [2.24, 2.45) is 5.92 Å². The van der Waals surface area contributed by atoms with Crippen molar-refractivity contribution in [1.29, 1.82) is 0 Å². The lowest BCUT2D eigenvalue weighted by Crippen LogP contribution is -2.58. The molecule has 0 saturated carbocycles. The third kappa shape index (κ3) is 4.65. The van der Waals surface area contributed by atoms with Crippen LogP contribution in [-0.4, -0.2) is 50.3 Å². The molecule has 3 rings (SSSR count). The molecule has 1 aromatic rings. The molecule has 0 radical (unpaired) electrons. The van der Waals surface area contributed by atoms with Crippen LogP contribution in [0.3, 0.4) is 0 Å². The molecule has 1 aromatic carbocycles. The highest BCUT2D eigenvalue weighted by Crippen LogP contribution is 2.40. The lowest BCUT2D eigenvalue weighted by Gasteiger charge is -2.43. The second kappa shape index (κ2) is 9.52. The van der Waals surface area contributed by atoms with Crippen molar-refractivity contribution in [3.8, 4) is 11.5 Å². The standard InChI is InChI=1S/C25H28O8/c1-7-8-17-10-16-11-21(27)25(4,23(32-15(3)26)19(16)13-31-17)33-24(28)22-14(2)9-18(29-5)12-20(22)30-6/h7-12,19,23H,13H2,1-6H3. The van der Waals surface area contributed by atoms with E-state index in [4.69, 9.17) is 23.7 Å². The zero-order valence-corrected chi connectivity index (χ0v) is 19.6. The molecule has 8 nitrogen and oxygen atoms in total. The van der Waals surface area contributed by atoms with Crippen LogP contribution in [0.2, 0.25) is 0 Å². The summed E-state index contributed by atoms with van der Waals surface area (Å²) < 4.78 is 27.7. The Morgan fingerprint density at radius 3 is 2.52 bits per heavy atom. The van der Waals surface area contributed by atoms with Gasteiger partial charge in [-0.2, -0.15) is 0 Å². The number of hydrogen-bond acceptors (Lipinski definition) is 8. The number of methoxy groups -OCH3 is 2. The Morgan fingerprint density at radius 1 is 1.18 bits per heavy atom. The monoisotopic (exact) mass is 456 g/mol. The van der Waals surface area contributed by atoms with Crippen molar-refractivity contribution in [1.82, 2.24) is 0 Å². The molecule has 33 heavy (non-hydrogen) atoms. The van der Waals surface area contributed by atoms with Crippen molar-refractivity contribution in [2.45, 2.75) is 39.4 Å². The summed E-state index contributed by atoms with van der Waals surface area (Å²) in [6, 6.07) is 3.22. The maximum absolute atomic E-state index is 13.3. The average Bonchev–Trinajstić information content (AvgIpc) is 2.76. The fraction of sp³-hybridized carbons (Fsp3) is 0.400. The molecule has 176 valence electrons. The van der Waals surface area contributed by atoms with Crippen LogP contribution < -0.4 is 9.47 Å². The third-order valence-corrected chi connectivity index (χ3v) is 5.72. The molecule has 0 bridgehead atoms. The molecule has 3 unspecified atom stereocenters. The van der Waals surface area contributed by atoms with Gasteiger partial charge in [-0.15, -0.1) is 0 Å². The SMILES string of the molecule is CC=CC1=CC2=CC(=O)C(C)(OC(=O)c3c(C)cc(OC)cc3OC)C(OC(C)=O)C2CO1. The van der Waals surface area contributed by atoms with Gasteiger partial charge in [-0.05, 0) is 56.2 Å². The zero-order valence-electron chi connectivity index (χ0n) is 19.6. The van der Waals surface area contributed by atoms with Gasteiger partial charge in [0.15, 0.2) is 6.10 Å². The first-order chi connectivity index (χ1) is 15.6. The summed E-state index contributed by atoms with van der Waals surface area (Å²) in [7, 11) is 2.92. The molecule has 0 fully saturated rings. The number of ketones is 1. The Morgan fingerprint density at radius 2 is 1.91 bits per heavy atom. The summed E-state index contributed by atoms with van der Waals surface area (Å²) in [5, 5.41) is 0. The number of esters is 2. The number of carbonyl (C=O) groups excluding carboxylic acids is 3. The number of fused-ring (bicyclic) bond motifs is 1. The molecule has 0 spiro atoms. The molecule has 1 aliphatic heterocycles. The largest absolute Gasteiger partial charge is 0.497 e. The second-order valence-corrected chi connectivity index (χ2v) is 8.02. The molecule has 8 heteroatoms. The van der Waals surface area contributed by atoms with Crippen LogP contribution in [0.25, 0.3) is 0 Å². The van der Waals surface area contributed by atoms with E-state index in [-0.39, 0.29) is 17.9 Å². The first kappa shape index (κ1) is 24.1. The molecule has 2 aliphatic rings. The van der Waals surface area contributed by atoms with Crippen molar-refractivity contribution in [2.75, 3.05) is 20.8 Å². The lowest BCUT2D eigenvalue weighted by molar-refractivity contribution is -0.175. The Labute approximate surface area is 192 Å². The van der Waals surface area contributed by atoms with Crippen LogP contribution in [0.15, 0.2) is 47.8 Å². The predicted octanol–water partition coefficient (Wildman–Crippen LogP) is 3.47. The maximum atomic E-state index is 13.3. The van der Waals surface area contributed by atoms with Crippen molar-refractivity contribution < 1.29 is 38.1 Å². The second-order valence-electron chi connectivity index (χ2n) is 8.02. The smallest absolute Gasteiger partial charge is 0.343 e. The molecule has 3 atom stereocenters. The van der Waals surface area contributed by atoms with Gasteiger partial charge in [0.25, 0.3) is 0 Å². The number of aryl methyl sites for hydroxylation is 1. The number of hydrogen-bond donors (Lipinski definition) is 0. The van der Waals surface area contributed by atoms with E-state index >= 15 is 0 Å². The van der Waals surface area contributed by atoms with Crippen molar-refractivity contribution >= 4 is 17.7 Å². The highest BCUT2D eigenvalue weighted by Gasteiger charge is 2.54. The number of rotatable bonds is 6. The van der Waals surface area contributed by atoms with E-state index in [2.05, 4.69) is 0 Å². The van der Waals surface area contributed by atoms with Crippen LogP contribution in [-0.2, 0) is 23.8 Å². The quantitative estimate of drug-likeness (QED) is 0.600. The van der Waals surface area contributed by atoms with Gasteiger partial charge >= 0.3 is 11.9 Å². The molecule has 0 N–H and O–H groups in total. The van der Waals surface area contributed by atoms with Crippen LogP contribution in [0.1, 0.15) is 36.7 Å². The van der Waals surface area contributed by atoms with E-state index in [9.17, 15) is 14.4 Å². The Hall–Kier alpha value is -3.55. The highest BCUT2D eigenvalue weighted by molar-refractivity contribution is 6.03. The molecule has 1 aliphatic carbocycles. The minimum atomic E-state index is -1.76. The van der Waals surface area contributed by atoms with Gasteiger partial charge in [-0.25, -0.2) is 4.79 Å². The van der Waals surface area contributed by atoms with Gasteiger partial charge in [-0.1, -0.05) is 6.08 Å². The number of ether oxygens (including phenoxy) is 5. The highest BCUT2D eigenvalue weighted by atomic mass is 16.6. The Kier molecular flexibility index (Phi) is 6.95. The Balaban J connectivity index is 2.03. The van der Waals surface area contributed by atoms with Crippen LogP contribution in [0, 0.1) is 12.8 Å². The number of carbonyl (C=O) groups is 3. The van der Waals surface area contributed by atoms with Crippen LogP contribution in [0.5, 0.6) is 11.5 Å². The Bertz CT molecular complexity index is 1060. The van der Waals surface area contributed by atoms with Crippen LogP contribution in [0.4, 0.5) is 0 Å². The molecule has 0 saturated heterocycles. The average molecular weight is 456 g/mol. The fourth-order valence-electron chi connectivity index (χ4n) is 4.07. The number of allylic oxidation sites excluding steroid dienone is 3. The summed E-state index contributed by atoms with van der Waals surface area (Å²) in [6.07, 6.45) is 5.66. The molecule has 0 amide bonds.